The van der Waals surface area contributed by atoms with Crippen LogP contribution in [0.1, 0.15) is 29.0 Å². The van der Waals surface area contributed by atoms with E-state index in [9.17, 15) is 9.90 Å². The number of carbonyl (C=O) groups excluding carboxylic acids is 1. The number of amides is 1. The molecule has 0 saturated carbocycles. The molecule has 0 spiro atoms. The standard InChI is InChI=1S/C22H20BrN3O3S/c1-13(15-4-2-3-5-16(15)23)29-18-8-19(30-20(18)9-21(24)28)17-10-25-22-7-6-14(12-27)11-26(17)22/h2-8,10-11,13,27H,9,12H2,1H3,(H2,24,28)/t13-/m1/s1. The van der Waals surface area contributed by atoms with Gasteiger partial charge in [-0.25, -0.2) is 4.98 Å². The van der Waals surface area contributed by atoms with Gasteiger partial charge >= 0.3 is 0 Å². The van der Waals surface area contributed by atoms with Gasteiger partial charge in [0.15, 0.2) is 0 Å². The average Bonchev–Trinajstić information content (AvgIpc) is 3.31. The summed E-state index contributed by atoms with van der Waals surface area (Å²) in [7, 11) is 0. The zero-order chi connectivity index (χ0) is 21.3. The van der Waals surface area contributed by atoms with E-state index in [1.54, 1.807) is 6.20 Å². The van der Waals surface area contributed by atoms with Crippen LogP contribution in [0.15, 0.2) is 59.3 Å². The zero-order valence-electron chi connectivity index (χ0n) is 16.2. The molecule has 3 N–H and O–H groups in total. The summed E-state index contributed by atoms with van der Waals surface area (Å²) in [5.74, 6) is 0.216. The van der Waals surface area contributed by atoms with Crippen molar-refractivity contribution in [2.45, 2.75) is 26.1 Å². The number of imidazole rings is 1. The van der Waals surface area contributed by atoms with Crippen LogP contribution in [0.25, 0.3) is 16.2 Å². The van der Waals surface area contributed by atoms with E-state index >= 15 is 0 Å². The van der Waals surface area contributed by atoms with Crippen LogP contribution in [0.3, 0.4) is 0 Å². The quantitative estimate of drug-likeness (QED) is 0.403. The molecular weight excluding hydrogens is 466 g/mol. The molecule has 1 atom stereocenters. The van der Waals surface area contributed by atoms with Gasteiger partial charge in [-0.15, -0.1) is 11.3 Å². The number of nitrogens with two attached hydrogens (primary N) is 1. The number of thiophene rings is 1. The van der Waals surface area contributed by atoms with E-state index in [2.05, 4.69) is 20.9 Å². The first-order valence-corrected chi connectivity index (χ1v) is 11.0. The second kappa shape index (κ2) is 8.59. The van der Waals surface area contributed by atoms with Crippen LogP contribution in [0.2, 0.25) is 0 Å². The van der Waals surface area contributed by atoms with E-state index in [-0.39, 0.29) is 19.1 Å². The number of hydrogen-bond donors (Lipinski definition) is 2. The number of halogens is 1. The van der Waals surface area contributed by atoms with E-state index in [0.717, 1.165) is 36.7 Å². The van der Waals surface area contributed by atoms with Crippen molar-refractivity contribution in [3.8, 4) is 16.3 Å². The molecule has 154 valence electrons. The van der Waals surface area contributed by atoms with Crippen LogP contribution >= 0.6 is 27.3 Å². The third-order valence-corrected chi connectivity index (χ3v) is 6.61. The van der Waals surface area contributed by atoms with Crippen molar-refractivity contribution in [1.82, 2.24) is 9.38 Å². The predicted octanol–water partition coefficient (Wildman–Crippen LogP) is 4.49. The Hall–Kier alpha value is -2.68. The molecule has 30 heavy (non-hydrogen) atoms. The maximum absolute atomic E-state index is 11.6. The fourth-order valence-corrected chi connectivity index (χ4v) is 4.99. The van der Waals surface area contributed by atoms with Gasteiger partial charge in [-0.2, -0.15) is 0 Å². The number of nitrogens with zero attached hydrogens (tertiary/aromatic N) is 2. The van der Waals surface area contributed by atoms with E-state index in [4.69, 9.17) is 10.5 Å². The molecule has 0 fully saturated rings. The lowest BCUT2D eigenvalue weighted by atomic mass is 10.1. The maximum Gasteiger partial charge on any atom is 0.222 e. The Balaban J connectivity index is 1.74. The highest BCUT2D eigenvalue weighted by Crippen LogP contribution is 2.39. The van der Waals surface area contributed by atoms with Gasteiger partial charge in [0.2, 0.25) is 5.91 Å². The molecule has 0 aliphatic heterocycles. The highest BCUT2D eigenvalue weighted by atomic mass is 79.9. The summed E-state index contributed by atoms with van der Waals surface area (Å²) in [4.78, 5) is 17.8. The Morgan fingerprint density at radius 2 is 2.13 bits per heavy atom. The van der Waals surface area contributed by atoms with Gasteiger partial charge in [0.25, 0.3) is 0 Å². The number of rotatable bonds is 7. The minimum absolute atomic E-state index is 0.0528. The number of hydrogen-bond acceptors (Lipinski definition) is 5. The highest BCUT2D eigenvalue weighted by molar-refractivity contribution is 9.10. The molecule has 1 aromatic carbocycles. The number of ether oxygens (including phenoxy) is 1. The summed E-state index contributed by atoms with van der Waals surface area (Å²) >= 11 is 5.02. The first-order chi connectivity index (χ1) is 14.5. The fourth-order valence-electron chi connectivity index (χ4n) is 3.28. The fraction of sp³-hybridized carbons (Fsp3) is 0.182. The van der Waals surface area contributed by atoms with Gasteiger partial charge < -0.3 is 15.6 Å². The largest absolute Gasteiger partial charge is 0.485 e. The van der Waals surface area contributed by atoms with Gasteiger partial charge in [0.1, 0.15) is 17.5 Å². The Morgan fingerprint density at radius 3 is 2.87 bits per heavy atom. The lowest BCUT2D eigenvalue weighted by Gasteiger charge is -2.16. The Bertz CT molecular complexity index is 1220. The van der Waals surface area contributed by atoms with E-state index in [0.29, 0.717) is 5.75 Å². The topological polar surface area (TPSA) is 89.8 Å². The molecule has 4 rings (SSSR count). The smallest absolute Gasteiger partial charge is 0.222 e. The molecule has 0 unspecified atom stereocenters. The molecular formula is C22H20BrN3O3S. The van der Waals surface area contributed by atoms with Crippen molar-refractivity contribution in [1.29, 1.82) is 0 Å². The SMILES string of the molecule is C[C@@H](Oc1cc(-c2cnc3ccc(CO)cn23)sc1CC(N)=O)c1ccccc1Br. The van der Waals surface area contributed by atoms with Crippen molar-refractivity contribution >= 4 is 38.8 Å². The first-order valence-electron chi connectivity index (χ1n) is 9.35. The van der Waals surface area contributed by atoms with Gasteiger partial charge in [0.05, 0.1) is 34.7 Å². The van der Waals surface area contributed by atoms with Crippen molar-refractivity contribution in [2.75, 3.05) is 0 Å². The summed E-state index contributed by atoms with van der Waals surface area (Å²) in [6.07, 6.45) is 3.51. The van der Waals surface area contributed by atoms with Crippen molar-refractivity contribution in [2.24, 2.45) is 5.73 Å². The zero-order valence-corrected chi connectivity index (χ0v) is 18.6. The Labute approximate surface area is 186 Å². The average molecular weight is 486 g/mol. The number of benzene rings is 1. The Kier molecular flexibility index (Phi) is 5.90. The van der Waals surface area contributed by atoms with Gasteiger partial charge in [-0.1, -0.05) is 40.2 Å². The summed E-state index contributed by atoms with van der Waals surface area (Å²) in [5.41, 5.74) is 8.91. The highest BCUT2D eigenvalue weighted by Gasteiger charge is 2.19. The first kappa shape index (κ1) is 20.6. The molecule has 6 nitrogen and oxygen atoms in total. The van der Waals surface area contributed by atoms with E-state index in [1.165, 1.54) is 11.3 Å². The van der Waals surface area contributed by atoms with Crippen molar-refractivity contribution in [3.05, 3.63) is 75.3 Å². The summed E-state index contributed by atoms with van der Waals surface area (Å²) in [6, 6.07) is 13.5. The van der Waals surface area contributed by atoms with Crippen LogP contribution < -0.4 is 10.5 Å². The lowest BCUT2D eigenvalue weighted by Crippen LogP contribution is -2.13. The van der Waals surface area contributed by atoms with Crippen molar-refractivity contribution in [3.63, 3.8) is 0 Å². The second-order valence-corrected chi connectivity index (χ2v) is 8.88. The predicted molar refractivity (Wildman–Crippen MR) is 121 cm³/mol. The van der Waals surface area contributed by atoms with Gasteiger partial charge in [-0.3, -0.25) is 9.20 Å². The van der Waals surface area contributed by atoms with Crippen molar-refractivity contribution < 1.29 is 14.6 Å². The molecule has 3 heterocycles. The van der Waals surface area contributed by atoms with Gasteiger partial charge in [0, 0.05) is 22.3 Å². The molecule has 0 aliphatic rings. The molecule has 4 aromatic rings. The molecule has 1 amide bonds. The van der Waals surface area contributed by atoms with Crippen LogP contribution in [0.5, 0.6) is 5.75 Å². The molecule has 0 radical (unpaired) electrons. The third kappa shape index (κ3) is 4.12. The number of primary amides is 1. The summed E-state index contributed by atoms with van der Waals surface area (Å²) in [6.45, 7) is 1.91. The number of carbonyl (C=O) groups is 1. The van der Waals surface area contributed by atoms with Crippen LogP contribution in [0.4, 0.5) is 0 Å². The number of aliphatic hydroxyl groups excluding tert-OH is 1. The normalized spacial score (nSPS) is 12.2. The number of aromatic nitrogens is 2. The minimum atomic E-state index is -0.414. The third-order valence-electron chi connectivity index (χ3n) is 4.75. The van der Waals surface area contributed by atoms with E-state index < -0.39 is 5.91 Å². The van der Waals surface area contributed by atoms with Crippen LogP contribution in [-0.4, -0.2) is 20.4 Å². The number of fused-ring (bicyclic) bond motifs is 1. The maximum atomic E-state index is 11.6. The van der Waals surface area contributed by atoms with Crippen LogP contribution in [-0.2, 0) is 17.8 Å². The van der Waals surface area contributed by atoms with E-state index in [1.807, 2.05) is 60.0 Å². The monoisotopic (exact) mass is 485 g/mol. The lowest BCUT2D eigenvalue weighted by molar-refractivity contribution is -0.117. The van der Waals surface area contributed by atoms with Gasteiger partial charge in [-0.05, 0) is 24.6 Å². The molecule has 3 aromatic heterocycles. The second-order valence-electron chi connectivity index (χ2n) is 6.89. The molecule has 8 heteroatoms. The summed E-state index contributed by atoms with van der Waals surface area (Å²) in [5, 5.41) is 9.47. The Morgan fingerprint density at radius 1 is 1.33 bits per heavy atom. The number of pyridine rings is 1. The summed E-state index contributed by atoms with van der Waals surface area (Å²) < 4.78 is 9.14. The number of aliphatic hydroxyl groups is 1. The minimum Gasteiger partial charge on any atom is -0.485 e. The molecule has 0 saturated heterocycles. The molecule has 0 bridgehead atoms. The molecule has 0 aliphatic carbocycles. The van der Waals surface area contributed by atoms with Crippen LogP contribution in [0, 0.1) is 0 Å².